The highest BCUT2D eigenvalue weighted by molar-refractivity contribution is 9.10. The number of carbonyl (C=O) groups is 1. The molecule has 0 bridgehead atoms. The summed E-state index contributed by atoms with van der Waals surface area (Å²) in [6, 6.07) is 18.3. The van der Waals surface area contributed by atoms with Crippen molar-refractivity contribution in [3.63, 3.8) is 0 Å². The first-order valence-corrected chi connectivity index (χ1v) is 13.7. The van der Waals surface area contributed by atoms with Gasteiger partial charge in [0.15, 0.2) is 16.9 Å². The molecule has 1 unspecified atom stereocenters. The molecule has 0 radical (unpaired) electrons. The molecule has 0 saturated heterocycles. The summed E-state index contributed by atoms with van der Waals surface area (Å²) in [7, 11) is 0. The zero-order valence-electron chi connectivity index (χ0n) is 21.8. The van der Waals surface area contributed by atoms with Crippen LogP contribution < -0.4 is 14.9 Å². The van der Waals surface area contributed by atoms with Crippen LogP contribution in [0.2, 0.25) is 0 Å². The van der Waals surface area contributed by atoms with Crippen LogP contribution in [0.25, 0.3) is 11.0 Å². The van der Waals surface area contributed by atoms with Gasteiger partial charge in [-0.1, -0.05) is 65.2 Å². The van der Waals surface area contributed by atoms with Gasteiger partial charge in [0.05, 0.1) is 30.2 Å². The molecular formula is C31H30BrNO5. The Morgan fingerprint density at radius 3 is 2.47 bits per heavy atom. The second-order valence-corrected chi connectivity index (χ2v) is 10.4. The van der Waals surface area contributed by atoms with Gasteiger partial charge in [0.1, 0.15) is 5.58 Å². The van der Waals surface area contributed by atoms with E-state index in [0.29, 0.717) is 47.8 Å². The van der Waals surface area contributed by atoms with E-state index in [1.165, 1.54) is 0 Å². The highest BCUT2D eigenvalue weighted by atomic mass is 79.9. The Balaban J connectivity index is 1.66. The fourth-order valence-corrected chi connectivity index (χ4v) is 5.16. The molecule has 38 heavy (non-hydrogen) atoms. The smallest absolute Gasteiger partial charge is 0.291 e. The van der Waals surface area contributed by atoms with E-state index >= 15 is 0 Å². The average Bonchev–Trinajstić information content (AvgIpc) is 3.18. The number of aryl methyl sites for hydroxylation is 1. The molecule has 1 aromatic heterocycles. The Hall–Kier alpha value is -3.58. The number of nitrogens with zero attached hydrogens (tertiary/aromatic N) is 1. The molecule has 0 spiro atoms. The quantitative estimate of drug-likeness (QED) is 0.197. The van der Waals surface area contributed by atoms with Crippen LogP contribution in [0.4, 0.5) is 0 Å². The zero-order chi connectivity index (χ0) is 26.8. The SMILES string of the molecule is CCCCOc1ccc(C2c3c(oc4ccc(Br)cc4c3=O)C(=O)N2Cc2ccc(C)cc2)cc1OCC. The molecule has 196 valence electrons. The Morgan fingerprint density at radius 1 is 0.947 bits per heavy atom. The Bertz CT molecular complexity index is 1540. The van der Waals surface area contributed by atoms with Crippen molar-refractivity contribution in [1.29, 1.82) is 0 Å². The minimum Gasteiger partial charge on any atom is -0.490 e. The maximum absolute atomic E-state index is 13.9. The van der Waals surface area contributed by atoms with Crippen LogP contribution in [0.15, 0.2) is 74.3 Å². The minimum absolute atomic E-state index is 0.0863. The van der Waals surface area contributed by atoms with Crippen LogP contribution >= 0.6 is 15.9 Å². The average molecular weight is 576 g/mol. The van der Waals surface area contributed by atoms with E-state index in [4.69, 9.17) is 13.9 Å². The lowest BCUT2D eigenvalue weighted by Gasteiger charge is -2.26. The number of halogens is 1. The number of rotatable bonds is 9. The van der Waals surface area contributed by atoms with E-state index in [0.717, 1.165) is 34.0 Å². The molecule has 1 aliphatic rings. The molecule has 1 amide bonds. The van der Waals surface area contributed by atoms with Crippen LogP contribution in [-0.2, 0) is 6.54 Å². The zero-order valence-corrected chi connectivity index (χ0v) is 23.3. The van der Waals surface area contributed by atoms with Crippen LogP contribution in [-0.4, -0.2) is 24.0 Å². The molecule has 6 nitrogen and oxygen atoms in total. The summed E-state index contributed by atoms with van der Waals surface area (Å²) in [5.74, 6) is 1.01. The van der Waals surface area contributed by atoms with E-state index in [-0.39, 0.29) is 17.1 Å². The monoisotopic (exact) mass is 575 g/mol. The van der Waals surface area contributed by atoms with Gasteiger partial charge >= 0.3 is 0 Å². The molecule has 1 aliphatic heterocycles. The van der Waals surface area contributed by atoms with Gasteiger partial charge in [0.2, 0.25) is 5.76 Å². The maximum Gasteiger partial charge on any atom is 0.291 e. The second kappa shape index (κ2) is 11.0. The number of carbonyl (C=O) groups excluding carboxylic acids is 1. The number of unbranched alkanes of at least 4 members (excludes halogenated alkanes) is 1. The van der Waals surface area contributed by atoms with Gasteiger partial charge in [-0.05, 0) is 61.7 Å². The summed E-state index contributed by atoms with van der Waals surface area (Å²) < 4.78 is 18.8. The standard InChI is InChI=1S/C31H30BrNO5/c1-4-6-15-37-25-13-11-21(16-26(25)36-5-2)28-27-29(34)23-17-22(32)12-14-24(23)38-30(27)31(35)33(28)18-20-9-7-19(3)8-10-20/h7-14,16-17,28H,4-6,15,18H2,1-3H3. The van der Waals surface area contributed by atoms with Gasteiger partial charge in [0, 0.05) is 11.0 Å². The number of benzene rings is 3. The summed E-state index contributed by atoms with van der Waals surface area (Å²) in [6.07, 6.45) is 1.96. The predicted octanol–water partition coefficient (Wildman–Crippen LogP) is 7.19. The lowest BCUT2D eigenvalue weighted by Crippen LogP contribution is -2.29. The van der Waals surface area contributed by atoms with Crippen LogP contribution in [0, 0.1) is 6.92 Å². The molecule has 0 fully saturated rings. The number of hydrogen-bond donors (Lipinski definition) is 0. The maximum atomic E-state index is 13.9. The molecule has 0 N–H and O–H groups in total. The third kappa shape index (κ3) is 4.95. The van der Waals surface area contributed by atoms with E-state index in [1.807, 2.05) is 56.3 Å². The molecule has 4 aromatic rings. The third-order valence-corrected chi connectivity index (χ3v) is 7.23. The van der Waals surface area contributed by atoms with Crippen molar-refractivity contribution in [2.24, 2.45) is 0 Å². The number of hydrogen-bond acceptors (Lipinski definition) is 5. The van der Waals surface area contributed by atoms with Crippen molar-refractivity contribution in [3.8, 4) is 11.5 Å². The Morgan fingerprint density at radius 2 is 1.74 bits per heavy atom. The molecule has 5 rings (SSSR count). The Kier molecular flexibility index (Phi) is 7.56. The van der Waals surface area contributed by atoms with Crippen molar-refractivity contribution in [2.45, 2.75) is 46.2 Å². The van der Waals surface area contributed by atoms with Crippen molar-refractivity contribution < 1.29 is 18.7 Å². The van der Waals surface area contributed by atoms with E-state index in [2.05, 4.69) is 22.9 Å². The first-order chi connectivity index (χ1) is 18.4. The van der Waals surface area contributed by atoms with Crippen molar-refractivity contribution in [1.82, 2.24) is 4.90 Å². The Labute approximate surface area is 230 Å². The number of ether oxygens (including phenoxy) is 2. The normalized spacial score (nSPS) is 14.7. The molecule has 2 heterocycles. The molecule has 3 aromatic carbocycles. The fraction of sp³-hybridized carbons (Fsp3) is 0.290. The van der Waals surface area contributed by atoms with Crippen molar-refractivity contribution in [2.75, 3.05) is 13.2 Å². The van der Waals surface area contributed by atoms with E-state index in [9.17, 15) is 9.59 Å². The number of amides is 1. The first-order valence-electron chi connectivity index (χ1n) is 12.9. The van der Waals surface area contributed by atoms with Gasteiger partial charge in [-0.3, -0.25) is 9.59 Å². The van der Waals surface area contributed by atoms with Gasteiger partial charge in [-0.2, -0.15) is 0 Å². The van der Waals surface area contributed by atoms with Crippen LogP contribution in [0.3, 0.4) is 0 Å². The predicted molar refractivity (Wildman–Crippen MR) is 151 cm³/mol. The largest absolute Gasteiger partial charge is 0.490 e. The molecule has 1 atom stereocenters. The minimum atomic E-state index is -0.637. The van der Waals surface area contributed by atoms with Crippen molar-refractivity contribution in [3.05, 3.63) is 103 Å². The highest BCUT2D eigenvalue weighted by Crippen LogP contribution is 2.42. The lowest BCUT2D eigenvalue weighted by atomic mass is 9.97. The van der Waals surface area contributed by atoms with E-state index in [1.54, 1.807) is 23.1 Å². The molecule has 0 aliphatic carbocycles. The van der Waals surface area contributed by atoms with Gasteiger partial charge in [-0.15, -0.1) is 0 Å². The van der Waals surface area contributed by atoms with E-state index < -0.39 is 6.04 Å². The second-order valence-electron chi connectivity index (χ2n) is 9.48. The van der Waals surface area contributed by atoms with Gasteiger partial charge < -0.3 is 18.8 Å². The third-order valence-electron chi connectivity index (χ3n) is 6.74. The summed E-state index contributed by atoms with van der Waals surface area (Å²) in [5.41, 5.74) is 3.37. The molecule has 0 saturated carbocycles. The molecular weight excluding hydrogens is 546 g/mol. The van der Waals surface area contributed by atoms with Crippen LogP contribution in [0.5, 0.6) is 11.5 Å². The summed E-state index contributed by atoms with van der Waals surface area (Å²) in [5, 5.41) is 0.428. The fourth-order valence-electron chi connectivity index (χ4n) is 4.80. The summed E-state index contributed by atoms with van der Waals surface area (Å²) >= 11 is 3.45. The summed E-state index contributed by atoms with van der Waals surface area (Å²) in [4.78, 5) is 29.4. The molecule has 7 heteroatoms. The van der Waals surface area contributed by atoms with Gasteiger partial charge in [0.25, 0.3) is 5.91 Å². The van der Waals surface area contributed by atoms with Crippen molar-refractivity contribution >= 4 is 32.8 Å². The first kappa shape index (κ1) is 26.0. The lowest BCUT2D eigenvalue weighted by molar-refractivity contribution is 0.0714. The summed E-state index contributed by atoms with van der Waals surface area (Å²) in [6.45, 7) is 7.42. The van der Waals surface area contributed by atoms with Crippen LogP contribution in [0.1, 0.15) is 65.5 Å². The number of fused-ring (bicyclic) bond motifs is 2. The highest BCUT2D eigenvalue weighted by Gasteiger charge is 2.43. The van der Waals surface area contributed by atoms with Gasteiger partial charge in [-0.25, -0.2) is 0 Å². The topological polar surface area (TPSA) is 69.0 Å².